The Morgan fingerprint density at radius 1 is 1.21 bits per heavy atom. The maximum Gasteiger partial charge on any atom is 0.334 e. The smallest absolute Gasteiger partial charge is 0.334 e. The summed E-state index contributed by atoms with van der Waals surface area (Å²) in [5.74, 6) is -0.142. The molecule has 1 aliphatic rings. The lowest BCUT2D eigenvalue weighted by Crippen LogP contribution is -2.13. The van der Waals surface area contributed by atoms with Crippen LogP contribution >= 0.6 is 0 Å². The molecule has 0 saturated carbocycles. The van der Waals surface area contributed by atoms with E-state index in [1.165, 1.54) is 11.1 Å². The maximum atomic E-state index is 11.6. The Bertz CT molecular complexity index is 308. The summed E-state index contributed by atoms with van der Waals surface area (Å²) < 4.78 is 5.02. The monoisotopic (exact) mass is 194 g/mol. The molecule has 0 amide bonds. The van der Waals surface area contributed by atoms with Gasteiger partial charge in [-0.1, -0.05) is 5.57 Å². The number of hydrogen-bond donors (Lipinski definition) is 0. The van der Waals surface area contributed by atoms with Gasteiger partial charge in [0.05, 0.1) is 6.61 Å². The lowest BCUT2D eigenvalue weighted by Gasteiger charge is -2.19. The molecule has 0 atom stereocenters. The van der Waals surface area contributed by atoms with Crippen LogP contribution in [0.15, 0.2) is 22.3 Å². The molecule has 0 fully saturated rings. The zero-order chi connectivity index (χ0) is 10.7. The highest BCUT2D eigenvalue weighted by atomic mass is 16.5. The van der Waals surface area contributed by atoms with Gasteiger partial charge < -0.3 is 4.74 Å². The lowest BCUT2D eigenvalue weighted by atomic mass is 9.88. The van der Waals surface area contributed by atoms with Gasteiger partial charge in [0.25, 0.3) is 0 Å². The zero-order valence-electron chi connectivity index (χ0n) is 9.44. The molecule has 0 heterocycles. The fourth-order valence-electron chi connectivity index (χ4n) is 1.71. The van der Waals surface area contributed by atoms with Gasteiger partial charge in [0, 0.05) is 5.57 Å². The molecule has 0 aromatic heterocycles. The number of rotatable bonds is 2. The third kappa shape index (κ3) is 2.06. The molecule has 0 N–H and O–H groups in total. The highest BCUT2D eigenvalue weighted by Crippen LogP contribution is 2.30. The molecule has 2 heteroatoms. The third-order valence-corrected chi connectivity index (χ3v) is 2.93. The van der Waals surface area contributed by atoms with Crippen LogP contribution in [0.25, 0.3) is 0 Å². The van der Waals surface area contributed by atoms with E-state index in [0.717, 1.165) is 24.0 Å². The quantitative estimate of drug-likeness (QED) is 0.632. The molecule has 78 valence electrons. The van der Waals surface area contributed by atoms with E-state index in [-0.39, 0.29) is 5.97 Å². The SMILES string of the molecule is CCOC(=O)C1=C(C)C(C)=C(C)CC1. The van der Waals surface area contributed by atoms with E-state index in [4.69, 9.17) is 4.74 Å². The zero-order valence-corrected chi connectivity index (χ0v) is 9.44. The third-order valence-electron chi connectivity index (χ3n) is 2.93. The first-order chi connectivity index (χ1) is 6.57. The van der Waals surface area contributed by atoms with Gasteiger partial charge in [-0.25, -0.2) is 4.79 Å². The summed E-state index contributed by atoms with van der Waals surface area (Å²) in [7, 11) is 0. The summed E-state index contributed by atoms with van der Waals surface area (Å²) in [6, 6.07) is 0. The summed E-state index contributed by atoms with van der Waals surface area (Å²) in [5, 5.41) is 0. The van der Waals surface area contributed by atoms with Crippen LogP contribution in [-0.2, 0) is 9.53 Å². The van der Waals surface area contributed by atoms with Gasteiger partial charge in [-0.3, -0.25) is 0 Å². The minimum atomic E-state index is -0.142. The second-order valence-electron chi connectivity index (χ2n) is 3.73. The molecule has 1 aliphatic carbocycles. The number of esters is 1. The van der Waals surface area contributed by atoms with Crippen molar-refractivity contribution in [2.45, 2.75) is 40.5 Å². The minimum Gasteiger partial charge on any atom is -0.463 e. The van der Waals surface area contributed by atoms with Crippen LogP contribution < -0.4 is 0 Å². The summed E-state index contributed by atoms with van der Waals surface area (Å²) in [4.78, 5) is 11.6. The van der Waals surface area contributed by atoms with E-state index in [2.05, 4.69) is 13.8 Å². The number of carbonyl (C=O) groups is 1. The summed E-state index contributed by atoms with van der Waals surface area (Å²) >= 11 is 0. The fourth-order valence-corrected chi connectivity index (χ4v) is 1.71. The Kier molecular flexibility index (Phi) is 3.50. The van der Waals surface area contributed by atoms with Crippen LogP contribution in [0.2, 0.25) is 0 Å². The van der Waals surface area contributed by atoms with Crippen molar-refractivity contribution in [3.63, 3.8) is 0 Å². The Hall–Kier alpha value is -1.05. The molecule has 14 heavy (non-hydrogen) atoms. The highest BCUT2D eigenvalue weighted by Gasteiger charge is 2.19. The number of ether oxygens (including phenoxy) is 1. The van der Waals surface area contributed by atoms with Crippen molar-refractivity contribution < 1.29 is 9.53 Å². The second kappa shape index (κ2) is 4.45. The predicted octanol–water partition coefficient (Wildman–Crippen LogP) is 3.00. The Balaban J connectivity index is 2.94. The first-order valence-corrected chi connectivity index (χ1v) is 5.11. The van der Waals surface area contributed by atoms with Gasteiger partial charge in [0.1, 0.15) is 0 Å². The molecule has 0 aromatic carbocycles. The van der Waals surface area contributed by atoms with E-state index in [9.17, 15) is 4.79 Å². The van der Waals surface area contributed by atoms with Crippen molar-refractivity contribution in [1.82, 2.24) is 0 Å². The van der Waals surface area contributed by atoms with Crippen LogP contribution in [0.5, 0.6) is 0 Å². The molecule has 0 aliphatic heterocycles. The van der Waals surface area contributed by atoms with Crippen LogP contribution in [0, 0.1) is 0 Å². The molecule has 0 unspecified atom stereocenters. The van der Waals surface area contributed by atoms with Gasteiger partial charge in [-0.15, -0.1) is 0 Å². The van der Waals surface area contributed by atoms with Gasteiger partial charge in [-0.05, 0) is 51.7 Å². The van der Waals surface area contributed by atoms with E-state index >= 15 is 0 Å². The predicted molar refractivity (Wildman–Crippen MR) is 56.9 cm³/mol. The average Bonchev–Trinajstić information content (AvgIpc) is 2.15. The van der Waals surface area contributed by atoms with Crippen molar-refractivity contribution >= 4 is 5.97 Å². The highest BCUT2D eigenvalue weighted by molar-refractivity contribution is 5.90. The molecule has 0 saturated heterocycles. The van der Waals surface area contributed by atoms with Crippen molar-refractivity contribution in [3.8, 4) is 0 Å². The summed E-state index contributed by atoms with van der Waals surface area (Å²) in [6.07, 6.45) is 1.81. The number of allylic oxidation sites excluding steroid dienone is 3. The van der Waals surface area contributed by atoms with Gasteiger partial charge >= 0.3 is 5.97 Å². The molecule has 0 bridgehead atoms. The van der Waals surface area contributed by atoms with E-state index in [0.29, 0.717) is 6.61 Å². The summed E-state index contributed by atoms with van der Waals surface area (Å²) in [5.41, 5.74) is 4.59. The molecular weight excluding hydrogens is 176 g/mol. The van der Waals surface area contributed by atoms with Gasteiger partial charge in [0.15, 0.2) is 0 Å². The van der Waals surface area contributed by atoms with Crippen LogP contribution in [0.1, 0.15) is 40.5 Å². The Labute approximate surface area is 85.6 Å². The molecule has 1 rings (SSSR count). The molecule has 0 spiro atoms. The molecule has 0 aromatic rings. The maximum absolute atomic E-state index is 11.6. The largest absolute Gasteiger partial charge is 0.463 e. The van der Waals surface area contributed by atoms with Gasteiger partial charge in [-0.2, -0.15) is 0 Å². The minimum absolute atomic E-state index is 0.142. The van der Waals surface area contributed by atoms with Crippen molar-refractivity contribution in [1.29, 1.82) is 0 Å². The topological polar surface area (TPSA) is 26.3 Å². The Morgan fingerprint density at radius 2 is 1.86 bits per heavy atom. The molecule has 2 nitrogen and oxygen atoms in total. The van der Waals surface area contributed by atoms with Crippen LogP contribution in [-0.4, -0.2) is 12.6 Å². The molecule has 0 radical (unpaired) electrons. The van der Waals surface area contributed by atoms with Crippen molar-refractivity contribution in [2.24, 2.45) is 0 Å². The average molecular weight is 194 g/mol. The first-order valence-electron chi connectivity index (χ1n) is 5.11. The van der Waals surface area contributed by atoms with Crippen molar-refractivity contribution in [2.75, 3.05) is 6.61 Å². The lowest BCUT2D eigenvalue weighted by molar-refractivity contribution is -0.138. The fraction of sp³-hybridized carbons (Fsp3) is 0.583. The van der Waals surface area contributed by atoms with E-state index in [1.54, 1.807) is 0 Å². The van der Waals surface area contributed by atoms with Crippen LogP contribution in [0.3, 0.4) is 0 Å². The standard InChI is InChI=1S/C12H18O2/c1-5-14-12(13)11-7-6-8(2)9(3)10(11)4/h5-7H2,1-4H3. The Morgan fingerprint density at radius 3 is 2.43 bits per heavy atom. The summed E-state index contributed by atoms with van der Waals surface area (Å²) in [6.45, 7) is 8.50. The van der Waals surface area contributed by atoms with Crippen LogP contribution in [0.4, 0.5) is 0 Å². The first kappa shape index (κ1) is 11.0. The van der Waals surface area contributed by atoms with Gasteiger partial charge in [0.2, 0.25) is 0 Å². The normalized spacial score (nSPS) is 17.4. The van der Waals surface area contributed by atoms with E-state index in [1.807, 2.05) is 13.8 Å². The van der Waals surface area contributed by atoms with Crippen molar-refractivity contribution in [3.05, 3.63) is 22.3 Å². The van der Waals surface area contributed by atoms with E-state index < -0.39 is 0 Å². The second-order valence-corrected chi connectivity index (χ2v) is 3.73. The molecular formula is C12H18O2. The number of carbonyl (C=O) groups excluding carboxylic acids is 1. The number of hydrogen-bond acceptors (Lipinski definition) is 2.